The van der Waals surface area contributed by atoms with Gasteiger partial charge in [0.05, 0.1) is 23.8 Å². The number of benzene rings is 1. The maximum atomic E-state index is 12.9. The molecule has 0 saturated carbocycles. The zero-order chi connectivity index (χ0) is 19.6. The van der Waals surface area contributed by atoms with Crippen molar-refractivity contribution in [3.8, 4) is 0 Å². The molecule has 27 heavy (non-hydrogen) atoms. The molecule has 6 nitrogen and oxygen atoms in total. The van der Waals surface area contributed by atoms with E-state index in [9.17, 15) is 9.59 Å². The molecule has 3 aromatic rings. The summed E-state index contributed by atoms with van der Waals surface area (Å²) in [5.41, 5.74) is 0.465. The number of rotatable bonds is 6. The van der Waals surface area contributed by atoms with Crippen molar-refractivity contribution in [3.05, 3.63) is 57.2 Å². The topological polar surface area (TPSA) is 74.3 Å². The Morgan fingerprint density at radius 1 is 1.33 bits per heavy atom. The number of methoxy groups -OCH3 is 1. The van der Waals surface area contributed by atoms with E-state index in [0.717, 1.165) is 0 Å². The van der Waals surface area contributed by atoms with Gasteiger partial charge in [-0.2, -0.15) is 0 Å². The Morgan fingerprint density at radius 2 is 2.11 bits per heavy atom. The van der Waals surface area contributed by atoms with E-state index in [1.165, 1.54) is 18.9 Å². The van der Waals surface area contributed by atoms with Gasteiger partial charge in [0.15, 0.2) is 5.16 Å². The van der Waals surface area contributed by atoms with Crippen LogP contribution in [0.3, 0.4) is 0 Å². The van der Waals surface area contributed by atoms with Crippen LogP contribution >= 0.6 is 23.4 Å². The van der Waals surface area contributed by atoms with Crippen molar-refractivity contribution >= 4 is 40.2 Å². The number of carbonyl (C=O) groups is 1. The standard InChI is InChI=1S/C19H19ClN2O4S/c1-11(2)9-22-17(23)14-6-4-12(20)8-15(14)21-19(22)27-10-13-5-7-16(26-13)18(24)25-3/h4-8,11H,9-10H2,1-3H3. The van der Waals surface area contributed by atoms with Gasteiger partial charge in [-0.25, -0.2) is 9.78 Å². The summed E-state index contributed by atoms with van der Waals surface area (Å²) in [6.07, 6.45) is 0. The fourth-order valence-electron chi connectivity index (χ4n) is 2.61. The summed E-state index contributed by atoms with van der Waals surface area (Å²) in [4.78, 5) is 29.1. The van der Waals surface area contributed by atoms with Crippen LogP contribution in [0.5, 0.6) is 0 Å². The summed E-state index contributed by atoms with van der Waals surface area (Å²) in [5.74, 6) is 0.917. The summed E-state index contributed by atoms with van der Waals surface area (Å²) >= 11 is 7.42. The van der Waals surface area contributed by atoms with Gasteiger partial charge in [-0.1, -0.05) is 37.2 Å². The van der Waals surface area contributed by atoms with E-state index in [0.29, 0.717) is 39.1 Å². The first-order valence-corrected chi connectivity index (χ1v) is 9.75. The molecule has 2 heterocycles. The molecule has 0 aliphatic heterocycles. The van der Waals surface area contributed by atoms with Gasteiger partial charge in [0, 0.05) is 11.6 Å². The molecule has 0 aliphatic carbocycles. The number of thioether (sulfide) groups is 1. The first-order chi connectivity index (χ1) is 12.9. The first-order valence-electron chi connectivity index (χ1n) is 8.39. The zero-order valence-corrected chi connectivity index (χ0v) is 16.8. The van der Waals surface area contributed by atoms with Crippen molar-refractivity contribution in [2.24, 2.45) is 5.92 Å². The lowest BCUT2D eigenvalue weighted by molar-refractivity contribution is 0.0563. The molecule has 0 N–H and O–H groups in total. The lowest BCUT2D eigenvalue weighted by Crippen LogP contribution is -2.25. The van der Waals surface area contributed by atoms with Crippen LogP contribution in [0, 0.1) is 5.92 Å². The van der Waals surface area contributed by atoms with Crippen molar-refractivity contribution in [3.63, 3.8) is 0 Å². The van der Waals surface area contributed by atoms with Gasteiger partial charge < -0.3 is 9.15 Å². The maximum Gasteiger partial charge on any atom is 0.373 e. The summed E-state index contributed by atoms with van der Waals surface area (Å²) < 4.78 is 11.8. The number of halogens is 1. The van der Waals surface area contributed by atoms with E-state index in [1.54, 1.807) is 34.9 Å². The molecule has 1 aromatic carbocycles. The van der Waals surface area contributed by atoms with Gasteiger partial charge >= 0.3 is 5.97 Å². The minimum atomic E-state index is -0.526. The van der Waals surface area contributed by atoms with Crippen LogP contribution in [0.25, 0.3) is 10.9 Å². The van der Waals surface area contributed by atoms with Crippen LogP contribution in [-0.4, -0.2) is 22.6 Å². The highest BCUT2D eigenvalue weighted by Crippen LogP contribution is 2.25. The Bertz CT molecular complexity index is 1040. The fourth-order valence-corrected chi connectivity index (χ4v) is 3.68. The third-order valence-electron chi connectivity index (χ3n) is 3.82. The monoisotopic (exact) mass is 406 g/mol. The van der Waals surface area contributed by atoms with Gasteiger partial charge in [-0.3, -0.25) is 9.36 Å². The highest BCUT2D eigenvalue weighted by molar-refractivity contribution is 7.98. The Hall–Kier alpha value is -2.25. The van der Waals surface area contributed by atoms with Crippen molar-refractivity contribution in [2.45, 2.75) is 31.3 Å². The number of ether oxygens (including phenoxy) is 1. The third kappa shape index (κ3) is 4.36. The van der Waals surface area contributed by atoms with Crippen LogP contribution in [0.2, 0.25) is 5.02 Å². The van der Waals surface area contributed by atoms with Gasteiger partial charge in [-0.05, 0) is 36.2 Å². The van der Waals surface area contributed by atoms with Crippen molar-refractivity contribution < 1.29 is 13.9 Å². The van der Waals surface area contributed by atoms with Crippen LogP contribution in [0.1, 0.15) is 30.2 Å². The molecule has 0 unspecified atom stereocenters. The minimum Gasteiger partial charge on any atom is -0.463 e. The quantitative estimate of drug-likeness (QED) is 0.343. The summed E-state index contributed by atoms with van der Waals surface area (Å²) in [6.45, 7) is 4.64. The molecule has 0 aliphatic rings. The molecule has 0 radical (unpaired) electrons. The van der Waals surface area contributed by atoms with Gasteiger partial charge in [0.25, 0.3) is 5.56 Å². The second-order valence-corrected chi connectivity index (χ2v) is 7.79. The van der Waals surface area contributed by atoms with E-state index in [2.05, 4.69) is 9.72 Å². The largest absolute Gasteiger partial charge is 0.463 e. The minimum absolute atomic E-state index is 0.0949. The fraction of sp³-hybridized carbons (Fsp3) is 0.316. The summed E-state index contributed by atoms with van der Waals surface area (Å²) in [5, 5.41) is 1.65. The Kier molecular flexibility index (Phi) is 5.92. The molecule has 2 aromatic heterocycles. The highest BCUT2D eigenvalue weighted by Gasteiger charge is 2.15. The number of furan rings is 1. The molecule has 0 atom stereocenters. The number of hydrogen-bond donors (Lipinski definition) is 0. The van der Waals surface area contributed by atoms with Crippen LogP contribution < -0.4 is 5.56 Å². The smallest absolute Gasteiger partial charge is 0.373 e. The summed E-state index contributed by atoms with van der Waals surface area (Å²) in [7, 11) is 1.30. The molecular weight excluding hydrogens is 388 g/mol. The predicted octanol–water partition coefficient (Wildman–Crippen LogP) is 4.38. The second-order valence-electron chi connectivity index (χ2n) is 6.41. The van der Waals surface area contributed by atoms with Gasteiger partial charge in [0.1, 0.15) is 5.76 Å². The average Bonchev–Trinajstić information content (AvgIpc) is 3.10. The molecule has 0 bridgehead atoms. The third-order valence-corrected chi connectivity index (χ3v) is 5.06. The number of fused-ring (bicyclic) bond motifs is 1. The molecule has 8 heteroatoms. The van der Waals surface area contributed by atoms with E-state index in [1.807, 2.05) is 13.8 Å². The van der Waals surface area contributed by atoms with E-state index < -0.39 is 5.97 Å². The second kappa shape index (κ2) is 8.19. The van der Waals surface area contributed by atoms with Gasteiger partial charge in [0.2, 0.25) is 5.76 Å². The first kappa shape index (κ1) is 19.5. The molecule has 142 valence electrons. The number of esters is 1. The number of hydrogen-bond acceptors (Lipinski definition) is 6. The Balaban J connectivity index is 1.95. The molecule has 0 amide bonds. The van der Waals surface area contributed by atoms with E-state index in [-0.39, 0.29) is 17.2 Å². The zero-order valence-electron chi connectivity index (χ0n) is 15.2. The van der Waals surface area contributed by atoms with Crippen LogP contribution in [0.4, 0.5) is 0 Å². The molecule has 0 fully saturated rings. The average molecular weight is 407 g/mol. The predicted molar refractivity (Wildman–Crippen MR) is 105 cm³/mol. The SMILES string of the molecule is COC(=O)c1ccc(CSc2nc3cc(Cl)ccc3c(=O)n2CC(C)C)o1. The van der Waals surface area contributed by atoms with E-state index in [4.69, 9.17) is 16.0 Å². The maximum absolute atomic E-state index is 12.9. The number of aromatic nitrogens is 2. The lowest BCUT2D eigenvalue weighted by atomic mass is 10.2. The van der Waals surface area contributed by atoms with Crippen molar-refractivity contribution in [1.29, 1.82) is 0 Å². The van der Waals surface area contributed by atoms with Gasteiger partial charge in [-0.15, -0.1) is 0 Å². The summed E-state index contributed by atoms with van der Waals surface area (Å²) in [6, 6.07) is 8.35. The Morgan fingerprint density at radius 3 is 2.81 bits per heavy atom. The van der Waals surface area contributed by atoms with Crippen LogP contribution in [-0.2, 0) is 17.0 Å². The normalized spacial score (nSPS) is 11.3. The van der Waals surface area contributed by atoms with Crippen molar-refractivity contribution in [2.75, 3.05) is 7.11 Å². The number of nitrogens with zero attached hydrogens (tertiary/aromatic N) is 2. The molecule has 0 spiro atoms. The highest BCUT2D eigenvalue weighted by atomic mass is 35.5. The molecule has 3 rings (SSSR count). The Labute approximate surface area is 165 Å². The van der Waals surface area contributed by atoms with Crippen LogP contribution in [0.15, 0.2) is 44.7 Å². The van der Waals surface area contributed by atoms with Crippen molar-refractivity contribution in [1.82, 2.24) is 9.55 Å². The number of carbonyl (C=O) groups excluding carboxylic acids is 1. The molecule has 0 saturated heterocycles. The molecular formula is C19H19ClN2O4S. The van der Waals surface area contributed by atoms with E-state index >= 15 is 0 Å². The lowest BCUT2D eigenvalue weighted by Gasteiger charge is -2.14.